The fourth-order valence-electron chi connectivity index (χ4n) is 3.65. The van der Waals surface area contributed by atoms with Crippen molar-refractivity contribution < 1.29 is 4.74 Å². The molecular weight excluding hydrogens is 434 g/mol. The van der Waals surface area contributed by atoms with E-state index < -0.39 is 0 Å². The Kier molecular flexibility index (Phi) is 4.56. The molecular formula is C20H20BrN7O. The Morgan fingerprint density at radius 3 is 2.76 bits per heavy atom. The number of methoxy groups -OCH3 is 1. The number of ether oxygens (including phenoxy) is 1. The highest BCUT2D eigenvalue weighted by molar-refractivity contribution is 9.10. The van der Waals surface area contributed by atoms with Gasteiger partial charge in [0.1, 0.15) is 5.52 Å². The van der Waals surface area contributed by atoms with Crippen molar-refractivity contribution in [1.82, 2.24) is 29.1 Å². The van der Waals surface area contributed by atoms with Crippen LogP contribution in [0, 0.1) is 0 Å². The molecule has 1 aliphatic rings. The topological polar surface area (TPSA) is 82.2 Å². The molecule has 0 radical (unpaired) electrons. The van der Waals surface area contributed by atoms with Crippen LogP contribution in [0.3, 0.4) is 0 Å². The molecule has 0 atom stereocenters. The minimum absolute atomic E-state index is 0.299. The predicted octanol–water partition coefficient (Wildman–Crippen LogP) is 3.54. The van der Waals surface area contributed by atoms with Crippen molar-refractivity contribution >= 4 is 27.3 Å². The number of aryl methyl sites for hydroxylation is 1. The summed E-state index contributed by atoms with van der Waals surface area (Å²) in [7, 11) is 3.69. The van der Waals surface area contributed by atoms with Crippen LogP contribution >= 0.6 is 15.9 Å². The summed E-state index contributed by atoms with van der Waals surface area (Å²) >= 11 is 3.69. The summed E-state index contributed by atoms with van der Waals surface area (Å²) in [6, 6.07) is 6.17. The molecule has 0 aromatic carbocycles. The molecule has 0 bridgehead atoms. The minimum atomic E-state index is 0.299. The molecule has 148 valence electrons. The molecule has 1 aliphatic carbocycles. The number of rotatable bonds is 5. The maximum absolute atomic E-state index is 5.43. The lowest BCUT2D eigenvalue weighted by molar-refractivity contribution is 0.0328. The highest BCUT2D eigenvalue weighted by atomic mass is 79.9. The van der Waals surface area contributed by atoms with E-state index in [4.69, 9.17) is 14.8 Å². The SMILES string of the molecule is COC1CC(Nc2nc(-c3nccn3C)nn3cc(Br)c(-c4ccccn4)c23)C1. The molecule has 29 heavy (non-hydrogen) atoms. The van der Waals surface area contributed by atoms with Crippen molar-refractivity contribution in [3.05, 3.63) is 47.5 Å². The second-order valence-corrected chi connectivity index (χ2v) is 8.03. The maximum atomic E-state index is 5.43. The van der Waals surface area contributed by atoms with E-state index in [1.165, 1.54) is 0 Å². The molecule has 9 heteroatoms. The Labute approximate surface area is 176 Å². The number of nitrogens with zero attached hydrogens (tertiary/aromatic N) is 6. The van der Waals surface area contributed by atoms with Gasteiger partial charge in [0.05, 0.1) is 11.8 Å². The number of halogens is 1. The lowest BCUT2D eigenvalue weighted by Gasteiger charge is -2.35. The average molecular weight is 454 g/mol. The number of anilines is 1. The van der Waals surface area contributed by atoms with Gasteiger partial charge < -0.3 is 14.6 Å². The van der Waals surface area contributed by atoms with E-state index in [9.17, 15) is 0 Å². The van der Waals surface area contributed by atoms with E-state index >= 15 is 0 Å². The summed E-state index contributed by atoms with van der Waals surface area (Å²) in [6.07, 6.45) is 9.56. The molecule has 4 aromatic heterocycles. The fraction of sp³-hybridized carbons (Fsp3) is 0.300. The molecule has 4 aromatic rings. The Hall–Kier alpha value is -2.78. The second-order valence-electron chi connectivity index (χ2n) is 7.18. The molecule has 0 unspecified atom stereocenters. The third-order valence-electron chi connectivity index (χ3n) is 5.30. The fourth-order valence-corrected chi connectivity index (χ4v) is 4.24. The quantitative estimate of drug-likeness (QED) is 0.497. The van der Waals surface area contributed by atoms with Crippen LogP contribution in [-0.4, -0.2) is 48.4 Å². The van der Waals surface area contributed by atoms with Crippen molar-refractivity contribution in [1.29, 1.82) is 0 Å². The smallest absolute Gasteiger partial charge is 0.218 e. The molecule has 4 heterocycles. The predicted molar refractivity (Wildman–Crippen MR) is 114 cm³/mol. The first-order chi connectivity index (χ1) is 14.1. The first-order valence-corrected chi connectivity index (χ1v) is 10.2. The molecule has 1 N–H and O–H groups in total. The Morgan fingerprint density at radius 1 is 1.21 bits per heavy atom. The van der Waals surface area contributed by atoms with Gasteiger partial charge in [-0.25, -0.2) is 14.5 Å². The molecule has 0 amide bonds. The van der Waals surface area contributed by atoms with Gasteiger partial charge in [-0.1, -0.05) is 6.07 Å². The first kappa shape index (κ1) is 18.3. The van der Waals surface area contributed by atoms with Gasteiger partial charge in [-0.3, -0.25) is 4.98 Å². The van der Waals surface area contributed by atoms with E-state index in [2.05, 4.69) is 31.2 Å². The van der Waals surface area contributed by atoms with Gasteiger partial charge in [-0.2, -0.15) is 0 Å². The van der Waals surface area contributed by atoms with Crippen LogP contribution in [-0.2, 0) is 11.8 Å². The third kappa shape index (κ3) is 3.20. The number of hydrogen-bond acceptors (Lipinski definition) is 6. The molecule has 8 nitrogen and oxygen atoms in total. The summed E-state index contributed by atoms with van der Waals surface area (Å²) < 4.78 is 10.1. The number of imidazole rings is 1. The summed E-state index contributed by atoms with van der Waals surface area (Å²) in [6.45, 7) is 0. The zero-order valence-electron chi connectivity index (χ0n) is 16.1. The van der Waals surface area contributed by atoms with Gasteiger partial charge in [-0.15, -0.1) is 5.10 Å². The third-order valence-corrected chi connectivity index (χ3v) is 5.90. The lowest BCUT2D eigenvalue weighted by atomic mass is 9.89. The van der Waals surface area contributed by atoms with Crippen LogP contribution in [0.15, 0.2) is 47.5 Å². The Bertz CT molecular complexity index is 1160. The summed E-state index contributed by atoms with van der Waals surface area (Å²) in [5.74, 6) is 2.04. The first-order valence-electron chi connectivity index (χ1n) is 9.41. The second kappa shape index (κ2) is 7.23. The highest BCUT2D eigenvalue weighted by Crippen LogP contribution is 2.37. The minimum Gasteiger partial charge on any atom is -0.381 e. The Morgan fingerprint density at radius 2 is 2.07 bits per heavy atom. The number of aromatic nitrogens is 6. The number of hydrogen-bond donors (Lipinski definition) is 1. The average Bonchev–Trinajstić information content (AvgIpc) is 3.27. The van der Waals surface area contributed by atoms with Gasteiger partial charge in [0, 0.05) is 55.0 Å². The van der Waals surface area contributed by atoms with Gasteiger partial charge >= 0.3 is 0 Å². The van der Waals surface area contributed by atoms with Crippen molar-refractivity contribution in [3.63, 3.8) is 0 Å². The summed E-state index contributed by atoms with van der Waals surface area (Å²) in [5, 5.41) is 8.32. The molecule has 0 saturated heterocycles. The normalized spacial score (nSPS) is 18.7. The van der Waals surface area contributed by atoms with E-state index in [-0.39, 0.29) is 0 Å². The van der Waals surface area contributed by atoms with Crippen molar-refractivity contribution in [2.24, 2.45) is 7.05 Å². The van der Waals surface area contributed by atoms with Crippen molar-refractivity contribution in [2.75, 3.05) is 12.4 Å². The van der Waals surface area contributed by atoms with Gasteiger partial charge in [0.15, 0.2) is 11.6 Å². The van der Waals surface area contributed by atoms with Gasteiger partial charge in [0.2, 0.25) is 5.82 Å². The van der Waals surface area contributed by atoms with Crippen LogP contribution in [0.25, 0.3) is 28.4 Å². The molecule has 1 fully saturated rings. The van der Waals surface area contributed by atoms with E-state index in [0.717, 1.165) is 39.9 Å². The zero-order valence-corrected chi connectivity index (χ0v) is 17.7. The van der Waals surface area contributed by atoms with E-state index in [0.29, 0.717) is 23.8 Å². The molecule has 5 rings (SSSR count). The summed E-state index contributed by atoms with van der Waals surface area (Å²) in [4.78, 5) is 13.8. The van der Waals surface area contributed by atoms with E-state index in [1.54, 1.807) is 19.5 Å². The highest BCUT2D eigenvalue weighted by Gasteiger charge is 2.31. The number of pyridine rings is 1. The van der Waals surface area contributed by atoms with Crippen LogP contribution in [0.2, 0.25) is 0 Å². The van der Waals surface area contributed by atoms with Crippen molar-refractivity contribution in [3.8, 4) is 22.9 Å². The maximum Gasteiger partial charge on any atom is 0.218 e. The molecule has 0 spiro atoms. The van der Waals surface area contributed by atoms with Crippen LogP contribution < -0.4 is 5.32 Å². The monoisotopic (exact) mass is 453 g/mol. The van der Waals surface area contributed by atoms with Crippen LogP contribution in [0.4, 0.5) is 5.82 Å². The van der Waals surface area contributed by atoms with E-state index in [1.807, 2.05) is 46.7 Å². The van der Waals surface area contributed by atoms with Crippen LogP contribution in [0.1, 0.15) is 12.8 Å². The zero-order chi connectivity index (χ0) is 20.0. The molecule has 1 saturated carbocycles. The number of nitrogens with one attached hydrogen (secondary N) is 1. The van der Waals surface area contributed by atoms with Gasteiger partial charge in [-0.05, 0) is 40.9 Å². The largest absolute Gasteiger partial charge is 0.381 e. The summed E-state index contributed by atoms with van der Waals surface area (Å²) in [5.41, 5.74) is 2.71. The standard InChI is InChI=1S/C20H20BrN7O/c1-27-8-7-23-20(27)19-25-18(24-12-9-13(10-12)29-2)17-16(14(21)11-28(17)26-19)15-5-3-4-6-22-15/h3-8,11-13H,9-10H2,1-2H3,(H,24,25,26). The molecule has 0 aliphatic heterocycles. The lowest BCUT2D eigenvalue weighted by Crippen LogP contribution is -2.40. The Balaban J connectivity index is 1.68. The van der Waals surface area contributed by atoms with Crippen LogP contribution in [0.5, 0.6) is 0 Å². The van der Waals surface area contributed by atoms with Gasteiger partial charge in [0.25, 0.3) is 0 Å². The van der Waals surface area contributed by atoms with Crippen molar-refractivity contribution in [2.45, 2.75) is 25.0 Å². The number of fused-ring (bicyclic) bond motifs is 1.